The fourth-order valence-corrected chi connectivity index (χ4v) is 6.32. The molecule has 3 atom stereocenters. The summed E-state index contributed by atoms with van der Waals surface area (Å²) >= 11 is 1.34. The number of halogens is 3. The molecule has 38 heavy (non-hydrogen) atoms. The number of hydrogen-bond acceptors (Lipinski definition) is 7. The molecule has 2 saturated heterocycles. The Hall–Kier alpha value is -1.45. The van der Waals surface area contributed by atoms with E-state index in [2.05, 4.69) is 15.9 Å². The molecule has 0 amide bonds. The zero-order valence-corrected chi connectivity index (χ0v) is 24.6. The molecule has 3 aliphatic rings. The first kappa shape index (κ1) is 32.8. The van der Waals surface area contributed by atoms with Crippen LogP contribution < -0.4 is 0 Å². The molecule has 1 aromatic rings. The molecular formula is C28H39Cl2FN2O4S. The first-order chi connectivity index (χ1) is 17.4. The van der Waals surface area contributed by atoms with Gasteiger partial charge in [0.05, 0.1) is 18.6 Å². The first-order valence-electron chi connectivity index (χ1n) is 13.1. The molecule has 0 radical (unpaired) electrons. The standard InChI is InChI=1S/C28H37FN2O4S.2ClH/c1-3-35-28(34)22-7-6-14-30(17-22)15-12-21-18-31(16-13-25(21)36-19(2)32)26(27(33)20-10-11-20)23-8-4-5-9-24(23)29;;/h4-5,8-9,12,20,22,25-26H,3,6-7,10-11,13-18H2,1-2H3;2*1H/b21-12+;;. The molecule has 2 heterocycles. The summed E-state index contributed by atoms with van der Waals surface area (Å²) < 4.78 is 20.1. The number of likely N-dealkylation sites (tertiary alicyclic amines) is 2. The highest BCUT2D eigenvalue weighted by molar-refractivity contribution is 8.14. The maximum absolute atomic E-state index is 14.8. The molecule has 0 aromatic heterocycles. The fourth-order valence-electron chi connectivity index (χ4n) is 5.37. The highest BCUT2D eigenvalue weighted by Crippen LogP contribution is 2.40. The van der Waals surface area contributed by atoms with Crippen molar-refractivity contribution in [3.05, 3.63) is 47.3 Å². The second-order valence-electron chi connectivity index (χ2n) is 10.1. The highest BCUT2D eigenvalue weighted by atomic mass is 35.5. The Balaban J connectivity index is 0.00000253. The van der Waals surface area contributed by atoms with E-state index in [0.717, 1.165) is 44.2 Å². The lowest BCUT2D eigenvalue weighted by molar-refractivity contribution is -0.149. The van der Waals surface area contributed by atoms with Gasteiger partial charge in [-0.3, -0.25) is 24.2 Å². The van der Waals surface area contributed by atoms with Crippen LogP contribution in [0.4, 0.5) is 4.39 Å². The van der Waals surface area contributed by atoms with Gasteiger partial charge in [0.2, 0.25) is 0 Å². The van der Waals surface area contributed by atoms with E-state index in [1.165, 1.54) is 17.8 Å². The maximum atomic E-state index is 14.8. The van der Waals surface area contributed by atoms with Gasteiger partial charge in [-0.25, -0.2) is 4.39 Å². The van der Waals surface area contributed by atoms with Crippen LogP contribution in [0.1, 0.15) is 57.6 Å². The number of carbonyl (C=O) groups excluding carboxylic acids is 3. The van der Waals surface area contributed by atoms with Crippen molar-refractivity contribution in [1.29, 1.82) is 0 Å². The number of esters is 1. The summed E-state index contributed by atoms with van der Waals surface area (Å²) in [5.41, 5.74) is 1.55. The number of carbonyl (C=O) groups is 3. The third-order valence-corrected chi connectivity index (χ3v) is 8.49. The van der Waals surface area contributed by atoms with Crippen molar-refractivity contribution in [2.75, 3.05) is 39.3 Å². The quantitative estimate of drug-likeness (QED) is 0.288. The SMILES string of the molecule is CCOC(=O)C1CCCN(C/C=C2\CN(C(C(=O)C3CC3)c3ccccc3F)CCC2SC(C)=O)C1.Cl.Cl. The molecule has 3 unspecified atom stereocenters. The van der Waals surface area contributed by atoms with Gasteiger partial charge in [0.15, 0.2) is 10.9 Å². The second kappa shape index (κ2) is 15.4. The minimum absolute atomic E-state index is 0. The van der Waals surface area contributed by atoms with Crippen molar-refractivity contribution >= 4 is 53.4 Å². The first-order valence-corrected chi connectivity index (χ1v) is 14.0. The Kier molecular flexibility index (Phi) is 13.2. The van der Waals surface area contributed by atoms with Gasteiger partial charge in [-0.2, -0.15) is 0 Å². The topological polar surface area (TPSA) is 66.9 Å². The summed E-state index contributed by atoms with van der Waals surface area (Å²) in [7, 11) is 0. The van der Waals surface area contributed by atoms with Crippen LogP contribution in [0, 0.1) is 17.7 Å². The van der Waals surface area contributed by atoms with E-state index in [1.54, 1.807) is 25.1 Å². The molecule has 1 saturated carbocycles. The molecule has 4 rings (SSSR count). The molecule has 2 aliphatic heterocycles. The Bertz CT molecular complexity index is 1010. The van der Waals surface area contributed by atoms with Gasteiger partial charge >= 0.3 is 5.97 Å². The van der Waals surface area contributed by atoms with E-state index in [-0.39, 0.29) is 64.6 Å². The van der Waals surface area contributed by atoms with E-state index in [1.807, 2.05) is 6.92 Å². The molecule has 1 aliphatic carbocycles. The van der Waals surface area contributed by atoms with Crippen molar-refractivity contribution in [2.45, 2.75) is 57.2 Å². The number of hydrogen-bond donors (Lipinski definition) is 0. The molecule has 0 N–H and O–H groups in total. The van der Waals surface area contributed by atoms with Gasteiger partial charge in [0, 0.05) is 49.8 Å². The van der Waals surface area contributed by atoms with Gasteiger partial charge in [-0.15, -0.1) is 24.8 Å². The summed E-state index contributed by atoms with van der Waals surface area (Å²) in [5, 5.41) is 0.112. The maximum Gasteiger partial charge on any atom is 0.310 e. The van der Waals surface area contributed by atoms with E-state index in [0.29, 0.717) is 38.3 Å². The van der Waals surface area contributed by atoms with Crippen molar-refractivity contribution < 1.29 is 23.5 Å². The molecule has 0 bridgehead atoms. The van der Waals surface area contributed by atoms with E-state index < -0.39 is 6.04 Å². The lowest BCUT2D eigenvalue weighted by atomic mass is 9.93. The van der Waals surface area contributed by atoms with Crippen LogP contribution in [0.25, 0.3) is 0 Å². The highest BCUT2D eigenvalue weighted by Gasteiger charge is 2.41. The number of benzene rings is 1. The monoisotopic (exact) mass is 588 g/mol. The Morgan fingerprint density at radius 2 is 1.84 bits per heavy atom. The van der Waals surface area contributed by atoms with Crippen LogP contribution in [0.3, 0.4) is 0 Å². The largest absolute Gasteiger partial charge is 0.466 e. The van der Waals surface area contributed by atoms with Crippen LogP contribution in [0.2, 0.25) is 0 Å². The Labute approximate surface area is 241 Å². The fraction of sp³-hybridized carbons (Fsp3) is 0.607. The van der Waals surface area contributed by atoms with Gasteiger partial charge in [0.25, 0.3) is 0 Å². The van der Waals surface area contributed by atoms with E-state index in [9.17, 15) is 18.8 Å². The van der Waals surface area contributed by atoms with Crippen LogP contribution in [-0.2, 0) is 19.1 Å². The zero-order chi connectivity index (χ0) is 25.7. The third kappa shape index (κ3) is 8.52. The van der Waals surface area contributed by atoms with Crippen LogP contribution in [0.5, 0.6) is 0 Å². The summed E-state index contributed by atoms with van der Waals surface area (Å²) in [4.78, 5) is 41.9. The van der Waals surface area contributed by atoms with E-state index >= 15 is 0 Å². The van der Waals surface area contributed by atoms with Crippen LogP contribution in [-0.4, -0.2) is 71.2 Å². The molecule has 212 valence electrons. The van der Waals surface area contributed by atoms with E-state index in [4.69, 9.17) is 4.74 Å². The predicted molar refractivity (Wildman–Crippen MR) is 153 cm³/mol. The van der Waals surface area contributed by atoms with Crippen molar-refractivity contribution in [3.63, 3.8) is 0 Å². The lowest BCUT2D eigenvalue weighted by Crippen LogP contribution is -2.44. The number of nitrogens with zero attached hydrogens (tertiary/aromatic N) is 2. The molecule has 1 aromatic carbocycles. The average molecular weight is 590 g/mol. The summed E-state index contributed by atoms with van der Waals surface area (Å²) in [5.74, 6) is -0.468. The third-order valence-electron chi connectivity index (χ3n) is 7.34. The van der Waals surface area contributed by atoms with Crippen LogP contribution >= 0.6 is 36.6 Å². The summed E-state index contributed by atoms with van der Waals surface area (Å²) in [6.07, 6.45) is 6.43. The number of thioether (sulfide) groups is 1. The van der Waals surface area contributed by atoms with Crippen LogP contribution in [0.15, 0.2) is 35.9 Å². The van der Waals surface area contributed by atoms with Crippen molar-refractivity contribution in [3.8, 4) is 0 Å². The molecule has 10 heteroatoms. The van der Waals surface area contributed by atoms with Gasteiger partial charge in [-0.1, -0.05) is 36.0 Å². The minimum atomic E-state index is -0.603. The zero-order valence-electron chi connectivity index (χ0n) is 22.1. The van der Waals surface area contributed by atoms with Crippen molar-refractivity contribution in [2.24, 2.45) is 11.8 Å². The summed E-state index contributed by atoms with van der Waals surface area (Å²) in [6.45, 7) is 7.21. The minimum Gasteiger partial charge on any atom is -0.466 e. The number of rotatable bonds is 9. The number of ether oxygens (including phenoxy) is 1. The van der Waals surface area contributed by atoms with Gasteiger partial charge in [-0.05, 0) is 57.2 Å². The summed E-state index contributed by atoms with van der Waals surface area (Å²) in [6, 6.07) is 5.99. The van der Waals surface area contributed by atoms with Crippen molar-refractivity contribution in [1.82, 2.24) is 9.80 Å². The normalized spacial score (nSPS) is 24.1. The average Bonchev–Trinajstić information content (AvgIpc) is 3.71. The Morgan fingerprint density at radius 3 is 2.50 bits per heavy atom. The molecular weight excluding hydrogens is 550 g/mol. The predicted octanol–water partition coefficient (Wildman–Crippen LogP) is 5.25. The second-order valence-corrected chi connectivity index (χ2v) is 11.5. The lowest BCUT2D eigenvalue weighted by Gasteiger charge is -2.39. The molecule has 6 nitrogen and oxygen atoms in total. The molecule has 3 fully saturated rings. The Morgan fingerprint density at radius 1 is 1.11 bits per heavy atom. The smallest absolute Gasteiger partial charge is 0.310 e. The van der Waals surface area contributed by atoms with Gasteiger partial charge in [0.1, 0.15) is 5.82 Å². The number of Topliss-reactive ketones (excluding diaryl/α,β-unsaturated/α-hetero) is 1. The number of piperidine rings is 2. The number of ketones is 1. The van der Waals surface area contributed by atoms with Gasteiger partial charge < -0.3 is 4.74 Å². The molecule has 0 spiro atoms.